The van der Waals surface area contributed by atoms with Crippen LogP contribution in [0, 0.1) is 6.92 Å². The second-order valence-corrected chi connectivity index (χ2v) is 9.39. The maximum absolute atomic E-state index is 10.4. The van der Waals surface area contributed by atoms with Crippen molar-refractivity contribution in [3.8, 4) is 5.75 Å². The zero-order valence-electron chi connectivity index (χ0n) is 18.0. The Hall–Kier alpha value is -1.75. The van der Waals surface area contributed by atoms with E-state index in [0.29, 0.717) is 13.2 Å². The highest BCUT2D eigenvalue weighted by Crippen LogP contribution is 2.26. The summed E-state index contributed by atoms with van der Waals surface area (Å²) in [6, 6.07) is 14.2. The van der Waals surface area contributed by atoms with E-state index in [1.54, 1.807) is 0 Å². The van der Waals surface area contributed by atoms with E-state index in [9.17, 15) is 5.11 Å². The number of rotatable bonds is 6. The predicted octanol–water partition coefficient (Wildman–Crippen LogP) is 4.51. The van der Waals surface area contributed by atoms with Gasteiger partial charge in [-0.25, -0.2) is 0 Å². The molecule has 0 radical (unpaired) electrons. The molecule has 3 rings (SSSR count). The summed E-state index contributed by atoms with van der Waals surface area (Å²) in [5.74, 6) is 0.804. The van der Waals surface area contributed by atoms with Gasteiger partial charge in [0.25, 0.3) is 0 Å². The van der Waals surface area contributed by atoms with E-state index in [0.717, 1.165) is 37.0 Å². The lowest BCUT2D eigenvalue weighted by Crippen LogP contribution is -2.49. The number of hydrogen-bond donors (Lipinski definition) is 1. The van der Waals surface area contributed by atoms with Gasteiger partial charge in [-0.05, 0) is 47.7 Å². The normalized spacial score (nSPS) is 16.7. The highest BCUT2D eigenvalue weighted by Gasteiger charge is 2.21. The van der Waals surface area contributed by atoms with Gasteiger partial charge in [-0.15, -0.1) is 0 Å². The third kappa shape index (κ3) is 6.11. The third-order valence-electron chi connectivity index (χ3n) is 5.52. The van der Waals surface area contributed by atoms with E-state index >= 15 is 0 Å². The van der Waals surface area contributed by atoms with Crippen LogP contribution in [0.4, 0.5) is 5.69 Å². The second kappa shape index (κ2) is 9.38. The van der Waals surface area contributed by atoms with E-state index in [1.807, 2.05) is 24.3 Å². The quantitative estimate of drug-likeness (QED) is 0.751. The summed E-state index contributed by atoms with van der Waals surface area (Å²) in [7, 11) is 0. The molecular formula is C24H33ClN2O2. The molecule has 0 unspecified atom stereocenters. The summed E-state index contributed by atoms with van der Waals surface area (Å²) in [6.45, 7) is 13.3. The van der Waals surface area contributed by atoms with Crippen LogP contribution in [0.3, 0.4) is 0 Å². The van der Waals surface area contributed by atoms with Crippen molar-refractivity contribution in [2.45, 2.75) is 39.2 Å². The van der Waals surface area contributed by atoms with Crippen molar-refractivity contribution in [1.29, 1.82) is 0 Å². The highest BCUT2D eigenvalue weighted by molar-refractivity contribution is 6.30. The third-order valence-corrected chi connectivity index (χ3v) is 5.75. The molecule has 1 N–H and O–H groups in total. The molecule has 0 aliphatic carbocycles. The SMILES string of the molecule is Cc1ccc(Cl)cc1N1CCN(C[C@@H](O)COc2ccc(C(C)(C)C)cc2)CC1. The van der Waals surface area contributed by atoms with Crippen LogP contribution in [0.1, 0.15) is 31.9 Å². The number of aryl methyl sites for hydroxylation is 1. The van der Waals surface area contributed by atoms with Crippen LogP contribution in [0.25, 0.3) is 0 Å². The maximum atomic E-state index is 10.4. The molecule has 1 aliphatic rings. The molecule has 158 valence electrons. The first-order chi connectivity index (χ1) is 13.7. The number of anilines is 1. The van der Waals surface area contributed by atoms with Gasteiger partial charge in [0, 0.05) is 43.4 Å². The molecule has 0 saturated carbocycles. The van der Waals surface area contributed by atoms with Gasteiger partial charge in [0.05, 0.1) is 0 Å². The Morgan fingerprint density at radius 3 is 2.31 bits per heavy atom. The standard InChI is InChI=1S/C24H33ClN2O2/c1-18-5-8-20(25)15-23(18)27-13-11-26(12-14-27)16-21(28)17-29-22-9-6-19(7-10-22)24(2,3)4/h5-10,15,21,28H,11-14,16-17H2,1-4H3/t21-/m1/s1. The number of halogens is 1. The average Bonchev–Trinajstić information content (AvgIpc) is 2.68. The van der Waals surface area contributed by atoms with E-state index in [2.05, 4.69) is 55.7 Å². The van der Waals surface area contributed by atoms with Crippen molar-refractivity contribution >= 4 is 17.3 Å². The smallest absolute Gasteiger partial charge is 0.119 e. The van der Waals surface area contributed by atoms with Gasteiger partial charge >= 0.3 is 0 Å². The molecule has 1 aliphatic heterocycles. The summed E-state index contributed by atoms with van der Waals surface area (Å²) < 4.78 is 5.79. The number of aliphatic hydroxyl groups is 1. The zero-order valence-corrected chi connectivity index (χ0v) is 18.7. The van der Waals surface area contributed by atoms with Gasteiger partial charge in [0.15, 0.2) is 0 Å². The summed E-state index contributed by atoms with van der Waals surface area (Å²) in [4.78, 5) is 4.67. The minimum absolute atomic E-state index is 0.129. The summed E-state index contributed by atoms with van der Waals surface area (Å²) in [5.41, 5.74) is 3.86. The Balaban J connectivity index is 1.44. The number of aliphatic hydroxyl groups excluding tert-OH is 1. The first-order valence-corrected chi connectivity index (χ1v) is 10.7. The van der Waals surface area contributed by atoms with Crippen LogP contribution >= 0.6 is 11.6 Å². The molecule has 0 amide bonds. The fraction of sp³-hybridized carbons (Fsp3) is 0.500. The number of β-amino-alcohol motifs (C(OH)–C–C–N with tert-alkyl or cyclic N) is 1. The van der Waals surface area contributed by atoms with Crippen LogP contribution < -0.4 is 9.64 Å². The molecule has 2 aromatic carbocycles. The minimum Gasteiger partial charge on any atom is -0.491 e. The van der Waals surface area contributed by atoms with Gasteiger partial charge < -0.3 is 14.7 Å². The Labute approximate surface area is 180 Å². The molecule has 29 heavy (non-hydrogen) atoms. The largest absolute Gasteiger partial charge is 0.491 e. The van der Waals surface area contributed by atoms with Crippen LogP contribution in [0.15, 0.2) is 42.5 Å². The summed E-state index contributed by atoms with van der Waals surface area (Å²) in [5, 5.41) is 11.2. The van der Waals surface area contributed by atoms with E-state index in [4.69, 9.17) is 16.3 Å². The van der Waals surface area contributed by atoms with E-state index in [1.165, 1.54) is 16.8 Å². The van der Waals surface area contributed by atoms with Gasteiger partial charge in [-0.3, -0.25) is 4.90 Å². The van der Waals surface area contributed by atoms with Gasteiger partial charge in [-0.1, -0.05) is 50.6 Å². The van der Waals surface area contributed by atoms with Crippen molar-refractivity contribution in [1.82, 2.24) is 4.90 Å². The lowest BCUT2D eigenvalue weighted by Gasteiger charge is -2.37. The van der Waals surface area contributed by atoms with Gasteiger partial charge in [-0.2, -0.15) is 0 Å². The molecule has 5 heteroatoms. The van der Waals surface area contributed by atoms with Gasteiger partial charge in [0.1, 0.15) is 18.5 Å². The number of ether oxygens (including phenoxy) is 1. The average molecular weight is 417 g/mol. The summed E-state index contributed by atoms with van der Waals surface area (Å²) >= 11 is 6.17. The van der Waals surface area contributed by atoms with Crippen LogP contribution in [0.2, 0.25) is 5.02 Å². The number of benzene rings is 2. The fourth-order valence-corrected chi connectivity index (χ4v) is 3.86. The van der Waals surface area contributed by atoms with Crippen molar-refractivity contribution in [2.24, 2.45) is 0 Å². The monoisotopic (exact) mass is 416 g/mol. The molecule has 1 fully saturated rings. The first kappa shape index (κ1) is 21.9. The molecule has 4 nitrogen and oxygen atoms in total. The fourth-order valence-electron chi connectivity index (χ4n) is 3.69. The van der Waals surface area contributed by atoms with Crippen molar-refractivity contribution in [3.63, 3.8) is 0 Å². The van der Waals surface area contributed by atoms with Crippen LogP contribution in [-0.4, -0.2) is 55.4 Å². The van der Waals surface area contributed by atoms with Crippen LogP contribution in [-0.2, 0) is 5.41 Å². The molecule has 2 aromatic rings. The second-order valence-electron chi connectivity index (χ2n) is 8.96. The van der Waals surface area contributed by atoms with Crippen molar-refractivity contribution in [2.75, 3.05) is 44.2 Å². The van der Waals surface area contributed by atoms with Crippen molar-refractivity contribution < 1.29 is 9.84 Å². The topological polar surface area (TPSA) is 35.9 Å². The Morgan fingerprint density at radius 1 is 1.03 bits per heavy atom. The van der Waals surface area contributed by atoms with Gasteiger partial charge in [0.2, 0.25) is 0 Å². The summed E-state index contributed by atoms with van der Waals surface area (Å²) in [6.07, 6.45) is -0.503. The minimum atomic E-state index is -0.503. The molecule has 0 bridgehead atoms. The molecule has 0 aromatic heterocycles. The number of hydrogen-bond acceptors (Lipinski definition) is 4. The molecule has 1 saturated heterocycles. The van der Waals surface area contributed by atoms with Crippen molar-refractivity contribution in [3.05, 3.63) is 58.6 Å². The first-order valence-electron chi connectivity index (χ1n) is 10.4. The van der Waals surface area contributed by atoms with Crippen LogP contribution in [0.5, 0.6) is 5.75 Å². The number of piperazine rings is 1. The molecular weight excluding hydrogens is 384 g/mol. The van der Waals surface area contributed by atoms with E-state index in [-0.39, 0.29) is 5.41 Å². The zero-order chi connectivity index (χ0) is 21.0. The molecule has 1 heterocycles. The highest BCUT2D eigenvalue weighted by atomic mass is 35.5. The lowest BCUT2D eigenvalue weighted by atomic mass is 9.87. The predicted molar refractivity (Wildman–Crippen MR) is 121 cm³/mol. The molecule has 0 spiro atoms. The Bertz CT molecular complexity index is 794. The Morgan fingerprint density at radius 2 is 1.69 bits per heavy atom. The molecule has 1 atom stereocenters. The van der Waals surface area contributed by atoms with E-state index < -0.39 is 6.10 Å². The number of nitrogens with zero attached hydrogens (tertiary/aromatic N) is 2. The Kier molecular flexibility index (Phi) is 7.10. The lowest BCUT2D eigenvalue weighted by molar-refractivity contribution is 0.0663. The maximum Gasteiger partial charge on any atom is 0.119 e.